The summed E-state index contributed by atoms with van der Waals surface area (Å²) in [5.41, 5.74) is -0.0852. The highest BCUT2D eigenvalue weighted by Crippen LogP contribution is 2.20. The van der Waals surface area contributed by atoms with Crippen LogP contribution in [0.3, 0.4) is 0 Å². The third-order valence-electron chi connectivity index (χ3n) is 3.51. The average Bonchev–Trinajstić information content (AvgIpc) is 2.44. The summed E-state index contributed by atoms with van der Waals surface area (Å²) < 4.78 is 0. The lowest BCUT2D eigenvalue weighted by molar-refractivity contribution is -0.384. The van der Waals surface area contributed by atoms with E-state index in [1.807, 2.05) is 0 Å². The van der Waals surface area contributed by atoms with Gasteiger partial charge in [-0.1, -0.05) is 0 Å². The van der Waals surface area contributed by atoms with Gasteiger partial charge in [-0.15, -0.1) is 0 Å². The van der Waals surface area contributed by atoms with Gasteiger partial charge in [-0.3, -0.25) is 14.9 Å². The first kappa shape index (κ1) is 15.2. The normalized spacial score (nSPS) is 22.5. The molecule has 1 amide bonds. The third-order valence-corrected chi connectivity index (χ3v) is 3.51. The van der Waals surface area contributed by atoms with Gasteiger partial charge in [-0.05, 0) is 43.5 Å². The molecule has 0 aromatic heterocycles. The van der Waals surface area contributed by atoms with Crippen molar-refractivity contribution in [1.29, 1.82) is 0 Å². The predicted octanol–water partition coefficient (Wildman–Crippen LogP) is 1.98. The number of hydrogen-bond acceptors (Lipinski definition) is 4. The van der Waals surface area contributed by atoms with Crippen LogP contribution in [0, 0.1) is 10.1 Å². The molecule has 6 heteroatoms. The van der Waals surface area contributed by atoms with E-state index in [0.29, 0.717) is 19.5 Å². The van der Waals surface area contributed by atoms with Crippen molar-refractivity contribution < 1.29 is 14.8 Å². The Hall–Kier alpha value is -2.21. The number of benzene rings is 1. The topological polar surface area (TPSA) is 83.7 Å². The minimum atomic E-state index is -0.824. The highest BCUT2D eigenvalue weighted by molar-refractivity contribution is 5.91. The Labute approximate surface area is 122 Å². The quantitative estimate of drug-likeness (QED) is 0.524. The number of amides is 1. The number of hydrogen-bond donors (Lipinski definition) is 1. The number of rotatable bonds is 3. The van der Waals surface area contributed by atoms with Gasteiger partial charge in [-0.25, -0.2) is 0 Å². The molecule has 0 saturated carbocycles. The first-order valence-corrected chi connectivity index (χ1v) is 6.81. The average molecular weight is 290 g/mol. The van der Waals surface area contributed by atoms with Crippen LogP contribution in [0.5, 0.6) is 0 Å². The van der Waals surface area contributed by atoms with Crippen molar-refractivity contribution in [3.8, 4) is 0 Å². The lowest BCUT2D eigenvalue weighted by Gasteiger charge is -2.36. The summed E-state index contributed by atoms with van der Waals surface area (Å²) in [6.07, 6.45) is 4.53. The van der Waals surface area contributed by atoms with Crippen molar-refractivity contribution in [2.75, 3.05) is 13.1 Å². The Morgan fingerprint density at radius 3 is 2.67 bits per heavy atom. The van der Waals surface area contributed by atoms with Crippen molar-refractivity contribution >= 4 is 17.7 Å². The number of aliphatic hydroxyl groups is 1. The fraction of sp³-hybridized carbons (Fsp3) is 0.400. The first-order valence-electron chi connectivity index (χ1n) is 6.81. The van der Waals surface area contributed by atoms with E-state index in [9.17, 15) is 20.0 Å². The van der Waals surface area contributed by atoms with Crippen LogP contribution >= 0.6 is 0 Å². The second-order valence-electron chi connectivity index (χ2n) is 5.54. The van der Waals surface area contributed by atoms with Gasteiger partial charge in [0.25, 0.3) is 5.69 Å². The molecule has 21 heavy (non-hydrogen) atoms. The molecule has 1 aliphatic rings. The number of non-ortho nitro benzene ring substituents is 1. The van der Waals surface area contributed by atoms with Gasteiger partial charge in [0.05, 0.1) is 10.5 Å². The lowest BCUT2D eigenvalue weighted by atomic mass is 9.95. The SMILES string of the molecule is CC1(O)CCCN(C(=O)/C=C/c2ccc([N+](=O)[O-])cc2)C1. The first-order chi connectivity index (χ1) is 9.87. The maximum atomic E-state index is 12.1. The van der Waals surface area contributed by atoms with Crippen LogP contribution in [0.1, 0.15) is 25.3 Å². The summed E-state index contributed by atoms with van der Waals surface area (Å²) >= 11 is 0. The van der Waals surface area contributed by atoms with Crippen LogP contribution in [0.4, 0.5) is 5.69 Å². The van der Waals surface area contributed by atoms with Crippen molar-refractivity contribution in [2.45, 2.75) is 25.4 Å². The van der Waals surface area contributed by atoms with E-state index >= 15 is 0 Å². The van der Waals surface area contributed by atoms with Crippen molar-refractivity contribution in [2.24, 2.45) is 0 Å². The molecule has 112 valence electrons. The zero-order valence-electron chi connectivity index (χ0n) is 11.9. The zero-order chi connectivity index (χ0) is 15.5. The van der Waals surface area contributed by atoms with Gasteiger partial charge in [-0.2, -0.15) is 0 Å². The van der Waals surface area contributed by atoms with E-state index < -0.39 is 10.5 Å². The second-order valence-corrected chi connectivity index (χ2v) is 5.54. The number of nitro benzene ring substituents is 1. The Morgan fingerprint density at radius 1 is 1.43 bits per heavy atom. The van der Waals surface area contributed by atoms with Crippen LogP contribution in [0.25, 0.3) is 6.08 Å². The van der Waals surface area contributed by atoms with E-state index in [1.54, 1.807) is 30.0 Å². The number of nitrogens with zero attached hydrogens (tertiary/aromatic N) is 2. The van der Waals surface area contributed by atoms with Crippen LogP contribution in [-0.2, 0) is 4.79 Å². The molecular weight excluding hydrogens is 272 g/mol. The summed E-state index contributed by atoms with van der Waals surface area (Å²) in [6.45, 7) is 2.70. The Balaban J connectivity index is 2.00. The molecule has 0 radical (unpaired) electrons. The van der Waals surface area contributed by atoms with Crippen molar-refractivity contribution in [3.05, 3.63) is 46.0 Å². The summed E-state index contributed by atoms with van der Waals surface area (Å²) in [6, 6.07) is 5.98. The molecule has 1 atom stereocenters. The Morgan fingerprint density at radius 2 is 2.10 bits per heavy atom. The minimum Gasteiger partial charge on any atom is -0.388 e. The monoisotopic (exact) mass is 290 g/mol. The number of β-amino-alcohol motifs (C(OH)–C–C–N with tert-alkyl or cyclic N) is 1. The van der Waals surface area contributed by atoms with Crippen LogP contribution in [0.2, 0.25) is 0 Å². The Kier molecular flexibility index (Phi) is 4.37. The minimum absolute atomic E-state index is 0.0190. The molecule has 0 spiro atoms. The molecule has 1 N–H and O–H groups in total. The summed E-state index contributed by atoms with van der Waals surface area (Å²) in [5, 5.41) is 20.5. The number of carbonyl (C=O) groups excluding carboxylic acids is 1. The van der Waals surface area contributed by atoms with E-state index in [2.05, 4.69) is 0 Å². The molecular formula is C15H18N2O4. The molecule has 1 fully saturated rings. The molecule has 1 saturated heterocycles. The van der Waals surface area contributed by atoms with Crippen LogP contribution in [-0.4, -0.2) is 39.5 Å². The highest BCUT2D eigenvalue weighted by Gasteiger charge is 2.29. The summed E-state index contributed by atoms with van der Waals surface area (Å²) in [7, 11) is 0. The largest absolute Gasteiger partial charge is 0.388 e. The number of carbonyl (C=O) groups is 1. The summed E-state index contributed by atoms with van der Waals surface area (Å²) in [4.78, 5) is 23.8. The predicted molar refractivity (Wildman–Crippen MR) is 78.6 cm³/mol. The lowest BCUT2D eigenvalue weighted by Crippen LogP contribution is -2.48. The van der Waals surface area contributed by atoms with E-state index in [0.717, 1.165) is 12.0 Å². The molecule has 0 aliphatic carbocycles. The molecule has 0 bridgehead atoms. The van der Waals surface area contributed by atoms with Gasteiger partial charge >= 0.3 is 0 Å². The van der Waals surface area contributed by atoms with Gasteiger partial charge in [0.15, 0.2) is 0 Å². The molecule has 1 aromatic rings. The van der Waals surface area contributed by atoms with Gasteiger partial charge in [0.1, 0.15) is 0 Å². The fourth-order valence-electron chi connectivity index (χ4n) is 2.39. The molecule has 1 heterocycles. The van der Waals surface area contributed by atoms with Gasteiger partial charge < -0.3 is 10.0 Å². The maximum Gasteiger partial charge on any atom is 0.269 e. The van der Waals surface area contributed by atoms with Gasteiger partial charge in [0, 0.05) is 31.3 Å². The standard InChI is InChI=1S/C15H18N2O4/c1-15(19)9-2-10-16(11-15)14(18)8-5-12-3-6-13(7-4-12)17(20)21/h3-8,19H,2,9-11H2,1H3/b8-5+. The number of nitro groups is 1. The van der Waals surface area contributed by atoms with Gasteiger partial charge in [0.2, 0.25) is 5.91 Å². The molecule has 1 unspecified atom stereocenters. The third kappa shape index (κ3) is 4.13. The van der Waals surface area contributed by atoms with E-state index in [-0.39, 0.29) is 11.6 Å². The van der Waals surface area contributed by atoms with E-state index in [1.165, 1.54) is 18.2 Å². The molecule has 6 nitrogen and oxygen atoms in total. The van der Waals surface area contributed by atoms with Crippen LogP contribution in [0.15, 0.2) is 30.3 Å². The smallest absolute Gasteiger partial charge is 0.269 e. The molecule has 2 rings (SSSR count). The van der Waals surface area contributed by atoms with Crippen molar-refractivity contribution in [1.82, 2.24) is 4.90 Å². The second kappa shape index (κ2) is 6.05. The molecule has 1 aromatic carbocycles. The zero-order valence-corrected chi connectivity index (χ0v) is 11.9. The fourth-order valence-corrected chi connectivity index (χ4v) is 2.39. The number of likely N-dealkylation sites (tertiary alicyclic amines) is 1. The maximum absolute atomic E-state index is 12.1. The molecule has 1 aliphatic heterocycles. The number of piperidine rings is 1. The highest BCUT2D eigenvalue weighted by atomic mass is 16.6. The van der Waals surface area contributed by atoms with Crippen LogP contribution < -0.4 is 0 Å². The summed E-state index contributed by atoms with van der Waals surface area (Å²) in [5.74, 6) is -0.159. The Bertz CT molecular complexity index is 564. The van der Waals surface area contributed by atoms with E-state index in [4.69, 9.17) is 0 Å². The van der Waals surface area contributed by atoms with Crippen molar-refractivity contribution in [3.63, 3.8) is 0 Å².